The molecule has 0 radical (unpaired) electrons. The Morgan fingerprint density at radius 3 is 2.34 bits per heavy atom. The molecule has 3 rings (SSSR count). The Morgan fingerprint density at radius 1 is 0.897 bits per heavy atom. The lowest BCUT2D eigenvalue weighted by Gasteiger charge is -2.22. The Hall–Kier alpha value is -3.02. The van der Waals surface area contributed by atoms with Crippen molar-refractivity contribution in [3.63, 3.8) is 0 Å². The van der Waals surface area contributed by atoms with Crippen LogP contribution in [0, 0.1) is 6.92 Å². The van der Waals surface area contributed by atoms with Crippen molar-refractivity contribution >= 4 is 11.8 Å². The van der Waals surface area contributed by atoms with Gasteiger partial charge in [0, 0.05) is 31.7 Å². The number of carbonyl (C=O) groups excluding carboxylic acids is 2. The summed E-state index contributed by atoms with van der Waals surface area (Å²) in [5.74, 6) is 1.34. The molecule has 1 aliphatic heterocycles. The second-order valence-corrected chi connectivity index (χ2v) is 7.26. The van der Waals surface area contributed by atoms with Gasteiger partial charge in [0.25, 0.3) is 5.91 Å². The van der Waals surface area contributed by atoms with Crippen molar-refractivity contribution in [3.05, 3.63) is 59.2 Å². The number of hydrogen-bond acceptors (Lipinski definition) is 4. The minimum absolute atomic E-state index is 0.0305. The van der Waals surface area contributed by atoms with Crippen LogP contribution in [-0.4, -0.2) is 62.0 Å². The number of amides is 2. The zero-order valence-corrected chi connectivity index (χ0v) is 17.3. The zero-order chi connectivity index (χ0) is 20.8. The predicted octanol–water partition coefficient (Wildman–Crippen LogP) is 2.93. The van der Waals surface area contributed by atoms with Crippen molar-refractivity contribution in [1.29, 1.82) is 0 Å². The molecule has 2 aromatic rings. The molecule has 0 N–H and O–H groups in total. The number of benzene rings is 2. The van der Waals surface area contributed by atoms with Crippen LogP contribution in [0.15, 0.2) is 42.5 Å². The summed E-state index contributed by atoms with van der Waals surface area (Å²) in [5, 5.41) is 0. The second kappa shape index (κ2) is 9.45. The summed E-state index contributed by atoms with van der Waals surface area (Å²) in [7, 11) is 3.17. The summed E-state index contributed by atoms with van der Waals surface area (Å²) >= 11 is 0. The largest absolute Gasteiger partial charge is 0.493 e. The lowest BCUT2D eigenvalue weighted by molar-refractivity contribution is -0.130. The summed E-state index contributed by atoms with van der Waals surface area (Å²) in [6, 6.07) is 13.2. The Balaban J connectivity index is 1.61. The first-order valence-electron chi connectivity index (χ1n) is 9.86. The van der Waals surface area contributed by atoms with E-state index in [0.717, 1.165) is 17.5 Å². The Labute approximate surface area is 172 Å². The van der Waals surface area contributed by atoms with Crippen molar-refractivity contribution in [2.24, 2.45) is 0 Å². The van der Waals surface area contributed by atoms with E-state index < -0.39 is 0 Å². The van der Waals surface area contributed by atoms with E-state index in [2.05, 4.69) is 0 Å². The van der Waals surface area contributed by atoms with E-state index in [-0.39, 0.29) is 11.8 Å². The predicted molar refractivity (Wildman–Crippen MR) is 112 cm³/mol. The molecule has 154 valence electrons. The minimum Gasteiger partial charge on any atom is -0.493 e. The molecular weight excluding hydrogens is 368 g/mol. The number of nitrogens with zero attached hydrogens (tertiary/aromatic N) is 2. The van der Waals surface area contributed by atoms with Gasteiger partial charge in [-0.3, -0.25) is 9.59 Å². The van der Waals surface area contributed by atoms with Crippen LogP contribution >= 0.6 is 0 Å². The fourth-order valence-electron chi connectivity index (χ4n) is 3.61. The molecule has 0 saturated carbocycles. The molecule has 2 amide bonds. The molecule has 1 heterocycles. The fourth-order valence-corrected chi connectivity index (χ4v) is 3.61. The third-order valence-electron chi connectivity index (χ3n) is 5.20. The molecule has 0 unspecified atom stereocenters. The van der Waals surface area contributed by atoms with Crippen molar-refractivity contribution < 1.29 is 19.1 Å². The Kier molecular flexibility index (Phi) is 6.75. The lowest BCUT2D eigenvalue weighted by atomic mass is 10.1. The van der Waals surface area contributed by atoms with Gasteiger partial charge in [-0.1, -0.05) is 23.8 Å². The molecule has 29 heavy (non-hydrogen) atoms. The number of carbonyl (C=O) groups is 2. The first kappa shape index (κ1) is 20.7. The summed E-state index contributed by atoms with van der Waals surface area (Å²) < 4.78 is 10.6. The molecule has 1 saturated heterocycles. The third-order valence-corrected chi connectivity index (χ3v) is 5.20. The highest BCUT2D eigenvalue weighted by atomic mass is 16.5. The molecule has 0 bridgehead atoms. The average molecular weight is 396 g/mol. The highest BCUT2D eigenvalue weighted by Crippen LogP contribution is 2.28. The third kappa shape index (κ3) is 5.08. The van der Waals surface area contributed by atoms with Crippen LogP contribution in [0.1, 0.15) is 27.9 Å². The van der Waals surface area contributed by atoms with E-state index in [1.54, 1.807) is 14.2 Å². The summed E-state index contributed by atoms with van der Waals surface area (Å²) in [6.45, 7) is 4.39. The van der Waals surface area contributed by atoms with Gasteiger partial charge < -0.3 is 19.3 Å². The van der Waals surface area contributed by atoms with E-state index in [9.17, 15) is 9.59 Å². The number of hydrogen-bond donors (Lipinski definition) is 0. The molecule has 0 aromatic heterocycles. The van der Waals surface area contributed by atoms with Gasteiger partial charge in [0.05, 0.1) is 20.6 Å². The van der Waals surface area contributed by atoms with Crippen LogP contribution in [0.25, 0.3) is 0 Å². The molecule has 6 nitrogen and oxygen atoms in total. The zero-order valence-electron chi connectivity index (χ0n) is 17.3. The molecule has 0 spiro atoms. The average Bonchev–Trinajstić information content (AvgIpc) is 2.99. The number of aryl methyl sites for hydroxylation is 1. The van der Waals surface area contributed by atoms with Crippen molar-refractivity contribution in [2.45, 2.75) is 19.8 Å². The standard InChI is InChI=1S/C23H28N2O4/c1-17-6-4-7-19(14-17)23(27)25-11-5-10-24(12-13-25)22(26)16-18-8-9-20(28-2)21(15-18)29-3/h4,6-9,14-15H,5,10-13,16H2,1-3H3. The number of rotatable bonds is 5. The van der Waals surface area contributed by atoms with Gasteiger partial charge in [0.1, 0.15) is 0 Å². The quantitative estimate of drug-likeness (QED) is 0.780. The molecule has 0 aliphatic carbocycles. The van der Waals surface area contributed by atoms with Crippen LogP contribution in [0.4, 0.5) is 0 Å². The van der Waals surface area contributed by atoms with Gasteiger partial charge in [0.2, 0.25) is 5.91 Å². The van der Waals surface area contributed by atoms with Gasteiger partial charge in [-0.15, -0.1) is 0 Å². The summed E-state index contributed by atoms with van der Waals surface area (Å²) in [4.78, 5) is 29.3. The molecule has 6 heteroatoms. The lowest BCUT2D eigenvalue weighted by Crippen LogP contribution is -2.38. The van der Waals surface area contributed by atoms with Gasteiger partial charge in [-0.2, -0.15) is 0 Å². The summed E-state index contributed by atoms with van der Waals surface area (Å²) in [6.07, 6.45) is 1.07. The van der Waals surface area contributed by atoms with E-state index in [1.165, 1.54) is 0 Å². The SMILES string of the molecule is COc1ccc(CC(=O)N2CCCN(C(=O)c3cccc(C)c3)CC2)cc1OC. The topological polar surface area (TPSA) is 59.1 Å². The number of methoxy groups -OCH3 is 2. The van der Waals surface area contributed by atoms with Crippen LogP contribution in [0.3, 0.4) is 0 Å². The van der Waals surface area contributed by atoms with E-state index in [0.29, 0.717) is 49.7 Å². The van der Waals surface area contributed by atoms with E-state index >= 15 is 0 Å². The smallest absolute Gasteiger partial charge is 0.253 e. The Morgan fingerprint density at radius 2 is 1.62 bits per heavy atom. The highest BCUT2D eigenvalue weighted by molar-refractivity contribution is 5.94. The molecule has 1 fully saturated rings. The van der Waals surface area contributed by atoms with Crippen molar-refractivity contribution in [3.8, 4) is 11.5 Å². The summed E-state index contributed by atoms with van der Waals surface area (Å²) in [5.41, 5.74) is 2.65. The molecule has 1 aliphatic rings. The monoisotopic (exact) mass is 396 g/mol. The van der Waals surface area contributed by atoms with Gasteiger partial charge in [-0.05, 0) is 43.2 Å². The van der Waals surface area contributed by atoms with Crippen LogP contribution in [0.2, 0.25) is 0 Å². The van der Waals surface area contributed by atoms with Crippen molar-refractivity contribution in [2.75, 3.05) is 40.4 Å². The Bertz CT molecular complexity index is 881. The van der Waals surface area contributed by atoms with Gasteiger partial charge in [0.15, 0.2) is 11.5 Å². The van der Waals surface area contributed by atoms with Crippen LogP contribution < -0.4 is 9.47 Å². The minimum atomic E-state index is 0.0305. The molecule has 0 atom stereocenters. The van der Waals surface area contributed by atoms with E-state index in [1.807, 2.05) is 59.2 Å². The number of ether oxygens (including phenoxy) is 2. The first-order chi connectivity index (χ1) is 14.0. The van der Waals surface area contributed by atoms with E-state index in [4.69, 9.17) is 9.47 Å². The normalized spacial score (nSPS) is 14.3. The molecular formula is C23H28N2O4. The van der Waals surface area contributed by atoms with Gasteiger partial charge >= 0.3 is 0 Å². The maximum Gasteiger partial charge on any atom is 0.253 e. The van der Waals surface area contributed by atoms with Crippen LogP contribution in [0.5, 0.6) is 11.5 Å². The maximum absolute atomic E-state index is 12.8. The first-order valence-corrected chi connectivity index (χ1v) is 9.86. The fraction of sp³-hybridized carbons (Fsp3) is 0.391. The molecule has 2 aromatic carbocycles. The van der Waals surface area contributed by atoms with Crippen molar-refractivity contribution in [1.82, 2.24) is 9.80 Å². The van der Waals surface area contributed by atoms with Gasteiger partial charge in [-0.25, -0.2) is 0 Å². The van der Waals surface area contributed by atoms with Crippen LogP contribution in [-0.2, 0) is 11.2 Å². The highest BCUT2D eigenvalue weighted by Gasteiger charge is 2.23. The second-order valence-electron chi connectivity index (χ2n) is 7.26. The maximum atomic E-state index is 12.8.